The highest BCUT2D eigenvalue weighted by Gasteiger charge is 2.37. The molecule has 3 rings (SSSR count). The van der Waals surface area contributed by atoms with Crippen molar-refractivity contribution >= 4 is 16.8 Å². The number of halogens is 3. The van der Waals surface area contributed by atoms with Crippen LogP contribution >= 0.6 is 0 Å². The van der Waals surface area contributed by atoms with Crippen LogP contribution in [0.4, 0.5) is 13.2 Å². The Morgan fingerprint density at radius 3 is 2.68 bits per heavy atom. The van der Waals surface area contributed by atoms with Crippen molar-refractivity contribution in [3.05, 3.63) is 59.5 Å². The monoisotopic (exact) mass is 305 g/mol. The zero-order chi connectivity index (χ0) is 15.9. The van der Waals surface area contributed by atoms with Crippen LogP contribution < -0.4 is 0 Å². The number of aryl methyl sites for hydroxylation is 1. The van der Waals surface area contributed by atoms with E-state index in [1.165, 1.54) is 18.3 Å². The molecule has 3 aromatic rings. The summed E-state index contributed by atoms with van der Waals surface area (Å²) in [5, 5.41) is 3.27. The van der Waals surface area contributed by atoms with E-state index in [4.69, 9.17) is 0 Å². The number of nitrogens with zero attached hydrogens (tertiary/aromatic N) is 3. The lowest BCUT2D eigenvalue weighted by molar-refractivity contribution is -0.140. The third kappa shape index (κ3) is 2.34. The molecular weight excluding hydrogens is 295 g/mol. The summed E-state index contributed by atoms with van der Waals surface area (Å²) in [6.07, 6.45) is -2.27. The molecule has 0 spiro atoms. The number of alkyl halides is 3. The molecule has 0 radical (unpaired) electrons. The fourth-order valence-corrected chi connectivity index (χ4v) is 2.23. The van der Waals surface area contributed by atoms with Gasteiger partial charge >= 0.3 is 6.18 Å². The lowest BCUT2D eigenvalue weighted by Crippen LogP contribution is -2.15. The van der Waals surface area contributed by atoms with Crippen molar-refractivity contribution in [2.24, 2.45) is 0 Å². The molecule has 7 heteroatoms. The van der Waals surface area contributed by atoms with Crippen LogP contribution in [0, 0.1) is 6.92 Å². The van der Waals surface area contributed by atoms with Gasteiger partial charge in [0.05, 0.1) is 10.9 Å². The SMILES string of the molecule is Cc1cccc(C(=O)n2nc(C(F)(F)F)c3cnccc32)c1. The fourth-order valence-electron chi connectivity index (χ4n) is 2.23. The molecule has 2 aromatic heterocycles. The number of rotatable bonds is 1. The van der Waals surface area contributed by atoms with E-state index in [1.54, 1.807) is 25.1 Å². The summed E-state index contributed by atoms with van der Waals surface area (Å²) in [4.78, 5) is 16.1. The first kappa shape index (κ1) is 14.2. The van der Waals surface area contributed by atoms with Crippen molar-refractivity contribution in [1.29, 1.82) is 0 Å². The van der Waals surface area contributed by atoms with Crippen LogP contribution in [-0.4, -0.2) is 20.7 Å². The van der Waals surface area contributed by atoms with E-state index in [2.05, 4.69) is 10.1 Å². The zero-order valence-corrected chi connectivity index (χ0v) is 11.4. The van der Waals surface area contributed by atoms with Crippen molar-refractivity contribution < 1.29 is 18.0 Å². The van der Waals surface area contributed by atoms with Crippen molar-refractivity contribution in [3.63, 3.8) is 0 Å². The summed E-state index contributed by atoms with van der Waals surface area (Å²) in [6, 6.07) is 7.94. The molecule has 0 unspecified atom stereocenters. The van der Waals surface area contributed by atoms with Crippen LogP contribution in [0.3, 0.4) is 0 Å². The van der Waals surface area contributed by atoms with Gasteiger partial charge in [-0.25, -0.2) is 0 Å². The first-order valence-electron chi connectivity index (χ1n) is 6.39. The van der Waals surface area contributed by atoms with Crippen LogP contribution in [0.5, 0.6) is 0 Å². The van der Waals surface area contributed by atoms with E-state index >= 15 is 0 Å². The average Bonchev–Trinajstić information content (AvgIpc) is 2.86. The number of hydrogen-bond donors (Lipinski definition) is 0. The van der Waals surface area contributed by atoms with E-state index in [9.17, 15) is 18.0 Å². The Kier molecular flexibility index (Phi) is 3.20. The predicted molar refractivity (Wildman–Crippen MR) is 73.4 cm³/mol. The number of benzene rings is 1. The molecule has 112 valence electrons. The summed E-state index contributed by atoms with van der Waals surface area (Å²) in [5.74, 6) is -0.615. The molecule has 0 amide bonds. The number of carbonyl (C=O) groups is 1. The third-order valence-electron chi connectivity index (χ3n) is 3.21. The molecule has 0 bridgehead atoms. The van der Waals surface area contributed by atoms with Gasteiger partial charge in [-0.1, -0.05) is 17.7 Å². The highest BCUT2D eigenvalue weighted by atomic mass is 19.4. The maximum absolute atomic E-state index is 13.0. The Bertz CT molecular complexity index is 868. The predicted octanol–water partition coefficient (Wildman–Crippen LogP) is 3.45. The van der Waals surface area contributed by atoms with E-state index in [-0.39, 0.29) is 16.5 Å². The van der Waals surface area contributed by atoms with Gasteiger partial charge in [-0.15, -0.1) is 0 Å². The van der Waals surface area contributed by atoms with Gasteiger partial charge in [-0.2, -0.15) is 23.0 Å². The lowest BCUT2D eigenvalue weighted by Gasteiger charge is -2.03. The Morgan fingerprint density at radius 2 is 2.00 bits per heavy atom. The van der Waals surface area contributed by atoms with Crippen molar-refractivity contribution in [2.75, 3.05) is 0 Å². The van der Waals surface area contributed by atoms with Gasteiger partial charge < -0.3 is 0 Å². The first-order valence-corrected chi connectivity index (χ1v) is 6.39. The fraction of sp³-hybridized carbons (Fsp3) is 0.133. The molecule has 22 heavy (non-hydrogen) atoms. The molecule has 0 aliphatic carbocycles. The van der Waals surface area contributed by atoms with Crippen LogP contribution in [0.25, 0.3) is 10.9 Å². The minimum absolute atomic E-state index is 0.0776. The molecule has 0 N–H and O–H groups in total. The maximum atomic E-state index is 13.0. The van der Waals surface area contributed by atoms with E-state index in [1.807, 2.05) is 0 Å². The minimum atomic E-state index is -4.65. The topological polar surface area (TPSA) is 47.8 Å². The summed E-state index contributed by atoms with van der Waals surface area (Å²) in [6.45, 7) is 1.79. The summed E-state index contributed by atoms with van der Waals surface area (Å²) in [5.41, 5.74) is 0.0698. The number of carbonyl (C=O) groups excluding carboxylic acids is 1. The van der Waals surface area contributed by atoms with E-state index < -0.39 is 17.8 Å². The maximum Gasteiger partial charge on any atom is 0.435 e. The molecule has 0 saturated carbocycles. The summed E-state index contributed by atoms with van der Waals surface area (Å²) in [7, 11) is 0. The van der Waals surface area contributed by atoms with Crippen molar-refractivity contribution in [2.45, 2.75) is 13.1 Å². The number of pyridine rings is 1. The smallest absolute Gasteiger partial charge is 0.267 e. The molecule has 0 atom stereocenters. The highest BCUT2D eigenvalue weighted by molar-refractivity contribution is 6.01. The highest BCUT2D eigenvalue weighted by Crippen LogP contribution is 2.33. The van der Waals surface area contributed by atoms with Gasteiger partial charge in [0.15, 0.2) is 5.69 Å². The Balaban J connectivity index is 2.21. The zero-order valence-electron chi connectivity index (χ0n) is 11.4. The van der Waals surface area contributed by atoms with E-state index in [0.29, 0.717) is 0 Å². The van der Waals surface area contributed by atoms with Gasteiger partial charge in [-0.05, 0) is 25.1 Å². The van der Waals surface area contributed by atoms with Crippen LogP contribution in [0.15, 0.2) is 42.7 Å². The molecular formula is C15H10F3N3O. The number of hydrogen-bond acceptors (Lipinski definition) is 3. The second-order valence-electron chi connectivity index (χ2n) is 4.83. The van der Waals surface area contributed by atoms with Gasteiger partial charge in [-0.3, -0.25) is 9.78 Å². The summed E-state index contributed by atoms with van der Waals surface area (Å²) >= 11 is 0. The van der Waals surface area contributed by atoms with Crippen LogP contribution in [0.2, 0.25) is 0 Å². The van der Waals surface area contributed by atoms with Crippen LogP contribution in [-0.2, 0) is 6.18 Å². The lowest BCUT2D eigenvalue weighted by atomic mass is 10.1. The Labute approximate surface area is 123 Å². The van der Waals surface area contributed by atoms with Crippen LogP contribution in [0.1, 0.15) is 21.6 Å². The van der Waals surface area contributed by atoms with Gasteiger partial charge in [0.2, 0.25) is 0 Å². The first-order chi connectivity index (χ1) is 10.4. The number of aromatic nitrogens is 3. The largest absolute Gasteiger partial charge is 0.435 e. The van der Waals surface area contributed by atoms with Gasteiger partial charge in [0.1, 0.15) is 0 Å². The molecule has 0 fully saturated rings. The Hall–Kier alpha value is -2.70. The molecule has 4 nitrogen and oxygen atoms in total. The number of fused-ring (bicyclic) bond motifs is 1. The quantitative estimate of drug-likeness (QED) is 0.692. The molecule has 1 aromatic carbocycles. The molecule has 2 heterocycles. The third-order valence-corrected chi connectivity index (χ3v) is 3.21. The second-order valence-corrected chi connectivity index (χ2v) is 4.83. The average molecular weight is 305 g/mol. The van der Waals surface area contributed by atoms with Crippen molar-refractivity contribution in [3.8, 4) is 0 Å². The molecule has 0 aliphatic rings. The second kappa shape index (κ2) is 4.94. The van der Waals surface area contributed by atoms with E-state index in [0.717, 1.165) is 16.4 Å². The van der Waals surface area contributed by atoms with Gasteiger partial charge in [0, 0.05) is 18.0 Å². The molecule has 0 aliphatic heterocycles. The summed E-state index contributed by atoms with van der Waals surface area (Å²) < 4.78 is 39.9. The minimum Gasteiger partial charge on any atom is -0.267 e. The van der Waals surface area contributed by atoms with Gasteiger partial charge in [0.25, 0.3) is 5.91 Å². The standard InChI is InChI=1S/C15H10F3N3O/c1-9-3-2-4-10(7-9)14(22)21-12-5-6-19-8-11(12)13(20-21)15(16,17)18/h2-8H,1H3. The normalized spacial score (nSPS) is 11.8. The Morgan fingerprint density at radius 1 is 1.23 bits per heavy atom. The van der Waals surface area contributed by atoms with Crippen molar-refractivity contribution in [1.82, 2.24) is 14.8 Å². The molecule has 0 saturated heterocycles.